The fraction of sp³-hybridized carbons (Fsp3) is 0.0476. The molecule has 0 spiro atoms. The molecule has 0 amide bonds. The molecule has 4 aromatic rings. The molecule has 1 heterocycles. The number of nitrogens with zero attached hydrogens (tertiary/aromatic N) is 2. The largest absolute Gasteiger partial charge is 0.288 e. The molecule has 0 N–H and O–H groups in total. The Balaban J connectivity index is 1.98. The molecule has 0 atom stereocenters. The van der Waals surface area contributed by atoms with Crippen molar-refractivity contribution < 1.29 is 4.39 Å². The van der Waals surface area contributed by atoms with Crippen LogP contribution in [0.4, 0.5) is 4.39 Å². The molecule has 0 bridgehead atoms. The van der Waals surface area contributed by atoms with E-state index in [1.54, 1.807) is 22.8 Å². The number of para-hydroxylation sites is 1. The highest BCUT2D eigenvalue weighted by atomic mass is 127. The summed E-state index contributed by atoms with van der Waals surface area (Å²) < 4.78 is 15.9. The summed E-state index contributed by atoms with van der Waals surface area (Å²) in [5.41, 5.74) is 2.31. The predicted molar refractivity (Wildman–Crippen MR) is 110 cm³/mol. The summed E-state index contributed by atoms with van der Waals surface area (Å²) in [6.45, 7) is 0.331. The van der Waals surface area contributed by atoms with Crippen molar-refractivity contribution in [2.24, 2.45) is 0 Å². The number of benzene rings is 3. The van der Waals surface area contributed by atoms with Gasteiger partial charge in [0.1, 0.15) is 11.6 Å². The van der Waals surface area contributed by atoms with Gasteiger partial charge in [-0.2, -0.15) is 0 Å². The average Bonchev–Trinajstić information content (AvgIpc) is 2.66. The van der Waals surface area contributed by atoms with E-state index in [9.17, 15) is 9.18 Å². The number of fused-ring (bicyclic) bond motifs is 1. The standard InChI is InChI=1S/C21H14FIN2O/c22-15-11-9-14(10-12-15)13-25-20(16-5-1-3-7-18(16)23)24-19-8-4-2-6-17(19)21(25)26/h1-12H,13H2. The number of hydrogen-bond acceptors (Lipinski definition) is 2. The molecule has 128 valence electrons. The van der Waals surface area contributed by atoms with E-state index >= 15 is 0 Å². The lowest BCUT2D eigenvalue weighted by molar-refractivity contribution is 0.626. The zero-order chi connectivity index (χ0) is 18.1. The van der Waals surface area contributed by atoms with Crippen LogP contribution in [0.2, 0.25) is 0 Å². The first-order valence-corrected chi connectivity index (χ1v) is 9.20. The average molecular weight is 456 g/mol. The van der Waals surface area contributed by atoms with Crippen molar-refractivity contribution >= 4 is 33.5 Å². The molecule has 0 radical (unpaired) electrons. The molecule has 0 aliphatic carbocycles. The lowest BCUT2D eigenvalue weighted by Gasteiger charge is -2.15. The Kier molecular flexibility index (Phi) is 4.55. The molecule has 26 heavy (non-hydrogen) atoms. The second kappa shape index (κ2) is 6.99. The number of aromatic nitrogens is 2. The molecule has 3 aromatic carbocycles. The Morgan fingerprint density at radius 1 is 0.923 bits per heavy atom. The van der Waals surface area contributed by atoms with Crippen molar-refractivity contribution in [3.05, 3.63) is 98.1 Å². The Labute approximate surface area is 163 Å². The van der Waals surface area contributed by atoms with Gasteiger partial charge in [0.25, 0.3) is 5.56 Å². The Morgan fingerprint density at radius 3 is 2.38 bits per heavy atom. The summed E-state index contributed by atoms with van der Waals surface area (Å²) in [4.78, 5) is 17.9. The molecule has 4 rings (SSSR count). The van der Waals surface area contributed by atoms with E-state index in [0.717, 1.165) is 14.7 Å². The SMILES string of the molecule is O=c1c2ccccc2nc(-c2ccccc2I)n1Cc1ccc(F)cc1. The first kappa shape index (κ1) is 16.9. The molecule has 0 aliphatic rings. The summed E-state index contributed by atoms with van der Waals surface area (Å²) in [6, 6.07) is 21.4. The maximum Gasteiger partial charge on any atom is 0.261 e. The van der Waals surface area contributed by atoms with Crippen molar-refractivity contribution in [2.75, 3.05) is 0 Å². The maximum atomic E-state index is 13.2. The van der Waals surface area contributed by atoms with Gasteiger partial charge in [0, 0.05) is 9.13 Å². The Bertz CT molecular complexity index is 1150. The number of rotatable bonds is 3. The van der Waals surface area contributed by atoms with E-state index in [-0.39, 0.29) is 11.4 Å². The van der Waals surface area contributed by atoms with Gasteiger partial charge in [-0.1, -0.05) is 42.5 Å². The Hall–Kier alpha value is -2.54. The smallest absolute Gasteiger partial charge is 0.261 e. The van der Waals surface area contributed by atoms with Gasteiger partial charge in [0.05, 0.1) is 17.4 Å². The molecule has 0 saturated heterocycles. The van der Waals surface area contributed by atoms with Crippen LogP contribution in [0.1, 0.15) is 5.56 Å². The summed E-state index contributed by atoms with van der Waals surface area (Å²) in [5.74, 6) is 0.318. The second-order valence-corrected chi connectivity index (χ2v) is 7.11. The van der Waals surface area contributed by atoms with Gasteiger partial charge in [0.15, 0.2) is 0 Å². The predicted octanol–water partition coefficient (Wildman–Crippen LogP) is 4.86. The molecule has 0 fully saturated rings. The van der Waals surface area contributed by atoms with Crippen molar-refractivity contribution in [1.82, 2.24) is 9.55 Å². The third-order valence-electron chi connectivity index (χ3n) is 4.23. The molecular weight excluding hydrogens is 442 g/mol. The number of hydrogen-bond donors (Lipinski definition) is 0. The molecule has 0 aliphatic heterocycles. The minimum atomic E-state index is -0.296. The van der Waals surface area contributed by atoms with Gasteiger partial charge in [-0.05, 0) is 58.5 Å². The number of halogens is 2. The fourth-order valence-corrected chi connectivity index (χ4v) is 3.56. The summed E-state index contributed by atoms with van der Waals surface area (Å²) in [6.07, 6.45) is 0. The molecule has 3 nitrogen and oxygen atoms in total. The fourth-order valence-electron chi connectivity index (χ4n) is 2.94. The zero-order valence-electron chi connectivity index (χ0n) is 13.7. The van der Waals surface area contributed by atoms with Crippen LogP contribution >= 0.6 is 22.6 Å². The first-order valence-electron chi connectivity index (χ1n) is 8.12. The van der Waals surface area contributed by atoms with Crippen molar-refractivity contribution in [3.63, 3.8) is 0 Å². The van der Waals surface area contributed by atoms with Crippen LogP contribution in [0.3, 0.4) is 0 Å². The van der Waals surface area contributed by atoms with E-state index in [0.29, 0.717) is 23.3 Å². The van der Waals surface area contributed by atoms with E-state index in [1.165, 1.54) is 12.1 Å². The minimum Gasteiger partial charge on any atom is -0.288 e. The third kappa shape index (κ3) is 3.14. The van der Waals surface area contributed by atoms with Gasteiger partial charge >= 0.3 is 0 Å². The lowest BCUT2D eigenvalue weighted by Crippen LogP contribution is -2.24. The van der Waals surface area contributed by atoms with Crippen LogP contribution in [-0.2, 0) is 6.54 Å². The molecule has 0 saturated carbocycles. The monoisotopic (exact) mass is 456 g/mol. The highest BCUT2D eigenvalue weighted by Gasteiger charge is 2.15. The molecule has 0 unspecified atom stereocenters. The zero-order valence-corrected chi connectivity index (χ0v) is 15.9. The molecule has 5 heteroatoms. The van der Waals surface area contributed by atoms with Gasteiger partial charge < -0.3 is 0 Å². The second-order valence-electron chi connectivity index (χ2n) is 5.95. The molecule has 1 aromatic heterocycles. The van der Waals surface area contributed by atoms with Crippen LogP contribution in [0.25, 0.3) is 22.3 Å². The third-order valence-corrected chi connectivity index (χ3v) is 5.17. The van der Waals surface area contributed by atoms with E-state index in [2.05, 4.69) is 22.6 Å². The summed E-state index contributed by atoms with van der Waals surface area (Å²) in [7, 11) is 0. The molecular formula is C21H14FIN2O. The summed E-state index contributed by atoms with van der Waals surface area (Å²) in [5, 5.41) is 0.573. The van der Waals surface area contributed by atoms with Crippen molar-refractivity contribution in [3.8, 4) is 11.4 Å². The van der Waals surface area contributed by atoms with Gasteiger partial charge in [-0.15, -0.1) is 0 Å². The van der Waals surface area contributed by atoms with Crippen LogP contribution in [0, 0.1) is 9.39 Å². The van der Waals surface area contributed by atoms with Gasteiger partial charge in [-0.3, -0.25) is 9.36 Å². The highest BCUT2D eigenvalue weighted by molar-refractivity contribution is 14.1. The topological polar surface area (TPSA) is 34.9 Å². The van der Waals surface area contributed by atoms with E-state index < -0.39 is 0 Å². The minimum absolute atomic E-state index is 0.102. The van der Waals surface area contributed by atoms with Crippen LogP contribution < -0.4 is 5.56 Å². The van der Waals surface area contributed by atoms with Crippen LogP contribution in [0.5, 0.6) is 0 Å². The van der Waals surface area contributed by atoms with Gasteiger partial charge in [-0.25, -0.2) is 9.37 Å². The summed E-state index contributed by atoms with van der Waals surface area (Å²) >= 11 is 2.25. The maximum absolute atomic E-state index is 13.2. The lowest BCUT2D eigenvalue weighted by atomic mass is 10.1. The highest BCUT2D eigenvalue weighted by Crippen LogP contribution is 2.24. The first-order chi connectivity index (χ1) is 12.6. The van der Waals surface area contributed by atoms with Crippen molar-refractivity contribution in [1.29, 1.82) is 0 Å². The van der Waals surface area contributed by atoms with Gasteiger partial charge in [0.2, 0.25) is 0 Å². The Morgan fingerprint density at radius 2 is 1.62 bits per heavy atom. The van der Waals surface area contributed by atoms with Crippen LogP contribution in [0.15, 0.2) is 77.6 Å². The van der Waals surface area contributed by atoms with E-state index in [4.69, 9.17) is 4.98 Å². The quantitative estimate of drug-likeness (QED) is 0.413. The normalized spacial score (nSPS) is 11.0. The van der Waals surface area contributed by atoms with Crippen LogP contribution in [-0.4, -0.2) is 9.55 Å². The van der Waals surface area contributed by atoms with Crippen molar-refractivity contribution in [2.45, 2.75) is 6.54 Å². The van der Waals surface area contributed by atoms with E-state index in [1.807, 2.05) is 42.5 Å².